The van der Waals surface area contributed by atoms with Crippen molar-refractivity contribution in [2.75, 3.05) is 7.11 Å². The summed E-state index contributed by atoms with van der Waals surface area (Å²) < 4.78 is 5.09. The van der Waals surface area contributed by atoms with Crippen LogP contribution < -0.4 is 5.32 Å². The largest absolute Gasteiger partial charge is 0.381 e. The van der Waals surface area contributed by atoms with E-state index < -0.39 is 0 Å². The number of hydrogen-bond donors (Lipinski definition) is 1. The van der Waals surface area contributed by atoms with Crippen LogP contribution >= 0.6 is 0 Å². The predicted octanol–water partition coefficient (Wildman–Crippen LogP) is 2.03. The van der Waals surface area contributed by atoms with E-state index in [9.17, 15) is 9.59 Å². The average Bonchev–Trinajstić information content (AvgIpc) is 2.80. The van der Waals surface area contributed by atoms with E-state index in [1.165, 1.54) is 0 Å². The summed E-state index contributed by atoms with van der Waals surface area (Å²) in [5, 5.41) is 3.03. The van der Waals surface area contributed by atoms with Gasteiger partial charge in [-0.3, -0.25) is 9.59 Å². The zero-order valence-electron chi connectivity index (χ0n) is 11.3. The minimum absolute atomic E-state index is 0.00617. The zero-order chi connectivity index (χ0) is 13.8. The lowest BCUT2D eigenvalue weighted by Crippen LogP contribution is -2.29. The Balaban J connectivity index is 2.02. The number of methoxy groups -OCH3 is 1. The van der Waals surface area contributed by atoms with Crippen LogP contribution in [0.3, 0.4) is 0 Å². The Morgan fingerprint density at radius 1 is 1.58 bits per heavy atom. The second kappa shape index (κ2) is 5.97. The minimum Gasteiger partial charge on any atom is -0.381 e. The predicted molar refractivity (Wildman–Crippen MR) is 72.1 cm³/mol. The second-order valence-corrected chi connectivity index (χ2v) is 4.99. The number of nitrogens with one attached hydrogen (secondary N) is 1. The van der Waals surface area contributed by atoms with Crippen LogP contribution in [0.4, 0.5) is 0 Å². The fourth-order valence-electron chi connectivity index (χ4n) is 2.46. The molecule has 4 nitrogen and oxygen atoms in total. The number of benzene rings is 1. The van der Waals surface area contributed by atoms with Crippen LogP contribution in [0.25, 0.3) is 0 Å². The Kier molecular flexibility index (Phi) is 4.32. The molecule has 1 N–H and O–H groups in total. The number of carbonyl (C=O) groups excluding carboxylic acids is 2. The molecule has 2 atom stereocenters. The molecule has 1 amide bonds. The lowest BCUT2D eigenvalue weighted by Gasteiger charge is -2.16. The number of amides is 1. The van der Waals surface area contributed by atoms with Gasteiger partial charge in [0.15, 0.2) is 0 Å². The first-order valence-corrected chi connectivity index (χ1v) is 6.54. The van der Waals surface area contributed by atoms with Crippen LogP contribution in [0.15, 0.2) is 18.2 Å². The molecule has 102 valence electrons. The van der Waals surface area contributed by atoms with Gasteiger partial charge in [-0.15, -0.1) is 0 Å². The van der Waals surface area contributed by atoms with Crippen molar-refractivity contribution < 1.29 is 14.3 Å². The molecule has 2 unspecified atom stereocenters. The fourth-order valence-corrected chi connectivity index (χ4v) is 2.46. The molecule has 1 aliphatic carbocycles. The minimum atomic E-state index is -0.0710. The fraction of sp³-hybridized carbons (Fsp3) is 0.467. The molecule has 0 aromatic heterocycles. The van der Waals surface area contributed by atoms with Crippen molar-refractivity contribution in [3.8, 4) is 0 Å². The summed E-state index contributed by atoms with van der Waals surface area (Å²) in [7, 11) is 1.60. The maximum absolute atomic E-state index is 11.9. The van der Waals surface area contributed by atoms with Crippen LogP contribution in [0, 0.1) is 0 Å². The van der Waals surface area contributed by atoms with E-state index >= 15 is 0 Å². The molecule has 0 saturated heterocycles. The zero-order valence-corrected chi connectivity index (χ0v) is 11.3. The van der Waals surface area contributed by atoms with Gasteiger partial charge in [0, 0.05) is 12.7 Å². The molecule has 0 spiro atoms. The Morgan fingerprint density at radius 2 is 2.37 bits per heavy atom. The van der Waals surface area contributed by atoms with E-state index in [0.717, 1.165) is 30.3 Å². The van der Waals surface area contributed by atoms with E-state index in [1.807, 2.05) is 19.1 Å². The summed E-state index contributed by atoms with van der Waals surface area (Å²) in [6, 6.07) is 5.71. The molecule has 0 fully saturated rings. The van der Waals surface area contributed by atoms with Gasteiger partial charge in [0.05, 0.1) is 18.6 Å². The van der Waals surface area contributed by atoms with E-state index in [1.54, 1.807) is 13.2 Å². The van der Waals surface area contributed by atoms with Gasteiger partial charge in [-0.1, -0.05) is 12.1 Å². The van der Waals surface area contributed by atoms with Gasteiger partial charge in [0.25, 0.3) is 0 Å². The lowest BCUT2D eigenvalue weighted by atomic mass is 10.1. The van der Waals surface area contributed by atoms with E-state index in [0.29, 0.717) is 12.0 Å². The van der Waals surface area contributed by atoms with E-state index in [2.05, 4.69) is 5.32 Å². The monoisotopic (exact) mass is 261 g/mol. The van der Waals surface area contributed by atoms with Gasteiger partial charge in [0.2, 0.25) is 5.91 Å². The maximum atomic E-state index is 11.9. The topological polar surface area (TPSA) is 55.4 Å². The number of rotatable bonds is 5. The highest BCUT2D eigenvalue weighted by Crippen LogP contribution is 2.31. The van der Waals surface area contributed by atoms with Crippen molar-refractivity contribution in [2.24, 2.45) is 0 Å². The molecular formula is C15H19NO3. The quantitative estimate of drug-likeness (QED) is 0.825. The molecule has 1 aromatic carbocycles. The van der Waals surface area contributed by atoms with Gasteiger partial charge in [-0.25, -0.2) is 0 Å². The molecule has 0 bridgehead atoms. The van der Waals surface area contributed by atoms with Crippen LogP contribution in [-0.2, 0) is 16.0 Å². The van der Waals surface area contributed by atoms with Gasteiger partial charge < -0.3 is 10.1 Å². The van der Waals surface area contributed by atoms with Crippen LogP contribution in [0.2, 0.25) is 0 Å². The molecule has 0 heterocycles. The maximum Gasteiger partial charge on any atom is 0.223 e. The molecule has 19 heavy (non-hydrogen) atoms. The highest BCUT2D eigenvalue weighted by Gasteiger charge is 2.24. The molecule has 1 aliphatic rings. The van der Waals surface area contributed by atoms with Crippen molar-refractivity contribution in [1.82, 2.24) is 5.32 Å². The van der Waals surface area contributed by atoms with Gasteiger partial charge in [-0.2, -0.15) is 0 Å². The summed E-state index contributed by atoms with van der Waals surface area (Å²) >= 11 is 0. The number of fused-ring (bicyclic) bond motifs is 1. The third-order valence-electron chi connectivity index (χ3n) is 3.59. The van der Waals surface area contributed by atoms with Gasteiger partial charge >= 0.3 is 0 Å². The molecule has 0 radical (unpaired) electrons. The van der Waals surface area contributed by atoms with Crippen LogP contribution in [0.5, 0.6) is 0 Å². The summed E-state index contributed by atoms with van der Waals surface area (Å²) in [6.07, 6.45) is 2.95. The molecule has 4 heteroatoms. The van der Waals surface area contributed by atoms with Gasteiger partial charge in [0.1, 0.15) is 6.29 Å². The van der Waals surface area contributed by atoms with Crippen molar-refractivity contribution in [1.29, 1.82) is 0 Å². The smallest absolute Gasteiger partial charge is 0.223 e. The standard InChI is InChI=1S/C15H19NO3/c1-10(19-2)7-15(18)16-14-6-4-12-8-11(9-17)3-5-13(12)14/h3,5,8-10,14H,4,6-7H2,1-2H3,(H,16,18). The number of ether oxygens (including phenoxy) is 1. The molecule has 0 aliphatic heterocycles. The Hall–Kier alpha value is -1.68. The first-order chi connectivity index (χ1) is 9.13. The Labute approximate surface area is 113 Å². The summed E-state index contributed by atoms with van der Waals surface area (Å²) in [4.78, 5) is 22.6. The highest BCUT2D eigenvalue weighted by atomic mass is 16.5. The number of carbonyl (C=O) groups is 2. The SMILES string of the molecule is COC(C)CC(=O)NC1CCc2cc(C=O)ccc21. The molecule has 0 saturated carbocycles. The Bertz CT molecular complexity index is 484. The van der Waals surface area contributed by atoms with Crippen LogP contribution in [0.1, 0.15) is 47.3 Å². The number of aryl methyl sites for hydroxylation is 1. The summed E-state index contributed by atoms with van der Waals surface area (Å²) in [6.45, 7) is 1.87. The van der Waals surface area contributed by atoms with Crippen molar-refractivity contribution in [2.45, 2.75) is 38.3 Å². The first kappa shape index (κ1) is 13.7. The van der Waals surface area contributed by atoms with Crippen LogP contribution in [-0.4, -0.2) is 25.4 Å². The highest BCUT2D eigenvalue weighted by molar-refractivity contribution is 5.78. The Morgan fingerprint density at radius 3 is 3.05 bits per heavy atom. The normalized spacial score (nSPS) is 18.7. The van der Waals surface area contributed by atoms with Gasteiger partial charge in [-0.05, 0) is 37.0 Å². The van der Waals surface area contributed by atoms with E-state index in [4.69, 9.17) is 4.74 Å². The third-order valence-corrected chi connectivity index (χ3v) is 3.59. The molecule has 2 rings (SSSR count). The van der Waals surface area contributed by atoms with Crippen molar-refractivity contribution >= 4 is 12.2 Å². The number of aldehydes is 1. The summed E-state index contributed by atoms with van der Waals surface area (Å²) in [5.74, 6) is 0.00617. The van der Waals surface area contributed by atoms with Crippen molar-refractivity contribution in [3.05, 3.63) is 34.9 Å². The first-order valence-electron chi connectivity index (χ1n) is 6.54. The summed E-state index contributed by atoms with van der Waals surface area (Å²) in [5.41, 5.74) is 2.98. The molecular weight excluding hydrogens is 242 g/mol. The average molecular weight is 261 g/mol. The second-order valence-electron chi connectivity index (χ2n) is 4.99. The lowest BCUT2D eigenvalue weighted by molar-refractivity contribution is -0.124. The van der Waals surface area contributed by atoms with E-state index in [-0.39, 0.29) is 18.1 Å². The molecule has 1 aromatic rings. The van der Waals surface area contributed by atoms with Crippen molar-refractivity contribution in [3.63, 3.8) is 0 Å². The number of hydrogen-bond acceptors (Lipinski definition) is 3. The third kappa shape index (κ3) is 3.20.